The average molecular weight is 335 g/mol. The standard InChI is InChI=1S/C20H38N4/c1-4-21-20(22-13-19(17-7-8-17)18-9-10-18)24-12-11-16(15-24)14-23(5-2)6-3/h16-19H,4-15H2,1-3H3,(H,21,22). The van der Waals surface area contributed by atoms with Crippen LogP contribution < -0.4 is 5.32 Å². The van der Waals surface area contributed by atoms with Crippen LogP contribution in [0.15, 0.2) is 4.99 Å². The minimum absolute atomic E-state index is 0.802. The third kappa shape index (κ3) is 4.87. The summed E-state index contributed by atoms with van der Waals surface area (Å²) in [6, 6.07) is 0. The number of likely N-dealkylation sites (tertiary alicyclic amines) is 1. The largest absolute Gasteiger partial charge is 0.357 e. The summed E-state index contributed by atoms with van der Waals surface area (Å²) < 4.78 is 0. The number of nitrogens with zero attached hydrogens (tertiary/aromatic N) is 3. The van der Waals surface area contributed by atoms with Gasteiger partial charge in [0, 0.05) is 32.7 Å². The molecule has 0 amide bonds. The number of rotatable bonds is 9. The first-order valence-corrected chi connectivity index (χ1v) is 10.5. The van der Waals surface area contributed by atoms with E-state index in [1.165, 1.54) is 70.8 Å². The summed E-state index contributed by atoms with van der Waals surface area (Å²) in [7, 11) is 0. The highest BCUT2D eigenvalue weighted by Gasteiger charge is 2.41. The van der Waals surface area contributed by atoms with Crippen molar-refractivity contribution < 1.29 is 0 Å². The van der Waals surface area contributed by atoms with Gasteiger partial charge in [0.1, 0.15) is 0 Å². The van der Waals surface area contributed by atoms with Gasteiger partial charge in [0.2, 0.25) is 0 Å². The van der Waals surface area contributed by atoms with Gasteiger partial charge in [-0.05, 0) is 75.8 Å². The van der Waals surface area contributed by atoms with E-state index >= 15 is 0 Å². The third-order valence-electron chi connectivity index (χ3n) is 6.24. The topological polar surface area (TPSA) is 30.9 Å². The molecule has 2 aliphatic carbocycles. The second kappa shape index (κ2) is 8.55. The molecule has 0 aromatic heterocycles. The fourth-order valence-corrected chi connectivity index (χ4v) is 4.37. The molecular formula is C20H38N4. The third-order valence-corrected chi connectivity index (χ3v) is 6.24. The Kier molecular flexibility index (Phi) is 6.43. The van der Waals surface area contributed by atoms with E-state index in [1.54, 1.807) is 0 Å². The molecule has 0 spiro atoms. The van der Waals surface area contributed by atoms with Gasteiger partial charge >= 0.3 is 0 Å². The molecule has 0 radical (unpaired) electrons. The Morgan fingerprint density at radius 3 is 2.29 bits per heavy atom. The lowest BCUT2D eigenvalue weighted by molar-refractivity contribution is 0.255. The zero-order chi connectivity index (χ0) is 16.9. The fraction of sp³-hybridized carbons (Fsp3) is 0.950. The quantitative estimate of drug-likeness (QED) is 0.519. The van der Waals surface area contributed by atoms with Crippen molar-refractivity contribution in [2.24, 2.45) is 28.7 Å². The van der Waals surface area contributed by atoms with E-state index in [4.69, 9.17) is 4.99 Å². The number of aliphatic imine (C=N–C) groups is 1. The maximum absolute atomic E-state index is 5.09. The van der Waals surface area contributed by atoms with Gasteiger partial charge in [-0.15, -0.1) is 0 Å². The van der Waals surface area contributed by atoms with Crippen molar-refractivity contribution >= 4 is 5.96 Å². The lowest BCUT2D eigenvalue weighted by Crippen LogP contribution is -2.41. The number of guanidine groups is 1. The van der Waals surface area contributed by atoms with Crippen molar-refractivity contribution in [3.63, 3.8) is 0 Å². The maximum Gasteiger partial charge on any atom is 0.193 e. The summed E-state index contributed by atoms with van der Waals surface area (Å²) in [5.74, 6) is 4.87. The highest BCUT2D eigenvalue weighted by atomic mass is 15.3. The van der Waals surface area contributed by atoms with Gasteiger partial charge in [-0.2, -0.15) is 0 Å². The molecule has 1 unspecified atom stereocenters. The van der Waals surface area contributed by atoms with Crippen LogP contribution in [0.25, 0.3) is 0 Å². The second-order valence-corrected chi connectivity index (χ2v) is 8.12. The normalized spacial score (nSPS) is 25.1. The summed E-state index contributed by atoms with van der Waals surface area (Å²) in [4.78, 5) is 10.2. The molecule has 3 aliphatic rings. The van der Waals surface area contributed by atoms with Crippen molar-refractivity contribution in [1.29, 1.82) is 0 Å². The predicted octanol–water partition coefficient (Wildman–Crippen LogP) is 3.05. The minimum Gasteiger partial charge on any atom is -0.357 e. The first kappa shape index (κ1) is 18.0. The van der Waals surface area contributed by atoms with E-state index in [0.29, 0.717) is 0 Å². The lowest BCUT2D eigenvalue weighted by Gasteiger charge is -2.25. The Labute approximate surface area is 149 Å². The molecule has 1 aliphatic heterocycles. The van der Waals surface area contributed by atoms with Crippen LogP contribution in [-0.4, -0.2) is 61.6 Å². The molecule has 4 nitrogen and oxygen atoms in total. The fourth-order valence-electron chi connectivity index (χ4n) is 4.37. The van der Waals surface area contributed by atoms with Gasteiger partial charge in [-0.1, -0.05) is 13.8 Å². The molecule has 138 valence electrons. The minimum atomic E-state index is 0.802. The highest BCUT2D eigenvalue weighted by Crippen LogP contribution is 2.49. The van der Waals surface area contributed by atoms with Gasteiger partial charge in [0.05, 0.1) is 0 Å². The Morgan fingerprint density at radius 2 is 1.75 bits per heavy atom. The smallest absolute Gasteiger partial charge is 0.193 e. The Balaban J connectivity index is 1.53. The summed E-state index contributed by atoms with van der Waals surface area (Å²) in [6.07, 6.45) is 7.16. The molecule has 0 aromatic rings. The van der Waals surface area contributed by atoms with E-state index in [0.717, 1.165) is 36.8 Å². The van der Waals surface area contributed by atoms with Crippen molar-refractivity contribution in [1.82, 2.24) is 15.1 Å². The molecule has 1 heterocycles. The molecular weight excluding hydrogens is 296 g/mol. The molecule has 1 atom stereocenters. The molecule has 1 saturated heterocycles. The van der Waals surface area contributed by atoms with Crippen LogP contribution in [0, 0.1) is 23.7 Å². The maximum atomic E-state index is 5.09. The van der Waals surface area contributed by atoms with Gasteiger partial charge in [-0.3, -0.25) is 4.99 Å². The lowest BCUT2D eigenvalue weighted by atomic mass is 9.98. The molecule has 3 rings (SSSR count). The number of hydrogen-bond donors (Lipinski definition) is 1. The predicted molar refractivity (Wildman–Crippen MR) is 102 cm³/mol. The molecule has 0 bridgehead atoms. The molecule has 1 N–H and O–H groups in total. The van der Waals surface area contributed by atoms with Crippen LogP contribution in [0.4, 0.5) is 0 Å². The van der Waals surface area contributed by atoms with E-state index in [9.17, 15) is 0 Å². The molecule has 2 saturated carbocycles. The van der Waals surface area contributed by atoms with Crippen molar-refractivity contribution in [2.75, 3.05) is 45.8 Å². The highest BCUT2D eigenvalue weighted by molar-refractivity contribution is 5.80. The summed E-state index contributed by atoms with van der Waals surface area (Å²) in [6.45, 7) is 14.7. The van der Waals surface area contributed by atoms with Crippen LogP contribution in [0.5, 0.6) is 0 Å². The van der Waals surface area contributed by atoms with Crippen LogP contribution >= 0.6 is 0 Å². The SMILES string of the molecule is CCNC(=NCC(C1CC1)C1CC1)N1CCC(CN(CC)CC)C1. The monoisotopic (exact) mass is 334 g/mol. The zero-order valence-electron chi connectivity index (χ0n) is 16.1. The Morgan fingerprint density at radius 1 is 1.08 bits per heavy atom. The summed E-state index contributed by atoms with van der Waals surface area (Å²) in [5, 5.41) is 3.56. The van der Waals surface area contributed by atoms with Gasteiger partial charge in [0.15, 0.2) is 5.96 Å². The van der Waals surface area contributed by atoms with E-state index < -0.39 is 0 Å². The number of hydrogen-bond acceptors (Lipinski definition) is 2. The van der Waals surface area contributed by atoms with Crippen molar-refractivity contribution in [3.05, 3.63) is 0 Å². The van der Waals surface area contributed by atoms with Crippen LogP contribution in [0.1, 0.15) is 52.9 Å². The van der Waals surface area contributed by atoms with E-state index in [2.05, 4.69) is 35.9 Å². The molecule has 4 heteroatoms. The van der Waals surface area contributed by atoms with Crippen LogP contribution in [0.2, 0.25) is 0 Å². The van der Waals surface area contributed by atoms with Gasteiger partial charge in [0.25, 0.3) is 0 Å². The second-order valence-electron chi connectivity index (χ2n) is 8.12. The summed E-state index contributed by atoms with van der Waals surface area (Å²) >= 11 is 0. The molecule has 0 aromatic carbocycles. The molecule has 3 fully saturated rings. The summed E-state index contributed by atoms with van der Waals surface area (Å²) in [5.41, 5.74) is 0. The van der Waals surface area contributed by atoms with Gasteiger partial charge in [-0.25, -0.2) is 0 Å². The van der Waals surface area contributed by atoms with Gasteiger partial charge < -0.3 is 15.1 Å². The van der Waals surface area contributed by atoms with Crippen molar-refractivity contribution in [2.45, 2.75) is 52.9 Å². The molecule has 24 heavy (non-hydrogen) atoms. The first-order valence-electron chi connectivity index (χ1n) is 10.5. The Hall–Kier alpha value is -0.770. The first-order chi connectivity index (χ1) is 11.7. The average Bonchev–Trinajstić information content (AvgIpc) is 3.52. The Bertz CT molecular complexity index is 398. The van der Waals surface area contributed by atoms with E-state index in [1.807, 2.05) is 0 Å². The number of nitrogens with one attached hydrogen (secondary N) is 1. The van der Waals surface area contributed by atoms with Crippen LogP contribution in [-0.2, 0) is 0 Å². The zero-order valence-corrected chi connectivity index (χ0v) is 16.1. The van der Waals surface area contributed by atoms with Crippen molar-refractivity contribution in [3.8, 4) is 0 Å². The van der Waals surface area contributed by atoms with E-state index in [-0.39, 0.29) is 0 Å². The van der Waals surface area contributed by atoms with Crippen LogP contribution in [0.3, 0.4) is 0 Å².